The van der Waals surface area contributed by atoms with Crippen molar-refractivity contribution in [2.75, 3.05) is 5.32 Å². The number of aryl methyl sites for hydroxylation is 1. The molecule has 2 aromatic carbocycles. The summed E-state index contributed by atoms with van der Waals surface area (Å²) in [7, 11) is 0. The molecule has 1 amide bonds. The van der Waals surface area contributed by atoms with Gasteiger partial charge in [-0.05, 0) is 36.1 Å². The van der Waals surface area contributed by atoms with Crippen LogP contribution in [0.5, 0.6) is 0 Å². The van der Waals surface area contributed by atoms with E-state index in [9.17, 15) is 4.79 Å². The fourth-order valence-corrected chi connectivity index (χ4v) is 4.09. The van der Waals surface area contributed by atoms with Crippen molar-refractivity contribution in [3.63, 3.8) is 0 Å². The van der Waals surface area contributed by atoms with Crippen molar-refractivity contribution in [3.05, 3.63) is 94.3 Å². The van der Waals surface area contributed by atoms with Crippen molar-refractivity contribution in [3.8, 4) is 5.95 Å². The molecule has 6 nitrogen and oxygen atoms in total. The maximum atomic E-state index is 12.6. The number of imidazole rings is 1. The minimum atomic E-state index is -0.156. The Bertz CT molecular complexity index is 1320. The summed E-state index contributed by atoms with van der Waals surface area (Å²) < 4.78 is 3.84. The van der Waals surface area contributed by atoms with Crippen molar-refractivity contribution in [1.82, 2.24) is 19.3 Å². The topological polar surface area (TPSA) is 64.7 Å². The highest BCUT2D eigenvalue weighted by atomic mass is 32.1. The second kappa shape index (κ2) is 7.61. The molecule has 0 aliphatic rings. The minimum Gasteiger partial charge on any atom is -0.306 e. The van der Waals surface area contributed by atoms with Crippen molar-refractivity contribution in [2.24, 2.45) is 0 Å². The molecule has 3 heterocycles. The molecule has 0 atom stereocenters. The van der Waals surface area contributed by atoms with Crippen LogP contribution in [0.4, 0.5) is 5.82 Å². The van der Waals surface area contributed by atoms with E-state index in [4.69, 9.17) is 4.98 Å². The van der Waals surface area contributed by atoms with Gasteiger partial charge in [0, 0.05) is 6.07 Å². The summed E-state index contributed by atoms with van der Waals surface area (Å²) >= 11 is 1.40. The molecule has 148 valence electrons. The van der Waals surface area contributed by atoms with E-state index in [0.717, 1.165) is 22.3 Å². The summed E-state index contributed by atoms with van der Waals surface area (Å²) in [6.07, 6.45) is 0. The lowest BCUT2D eigenvalue weighted by molar-refractivity contribution is 0.103. The Hall–Kier alpha value is -3.71. The lowest BCUT2D eigenvalue weighted by Gasteiger charge is -2.12. The molecule has 0 radical (unpaired) electrons. The van der Waals surface area contributed by atoms with Crippen LogP contribution in [0.2, 0.25) is 0 Å². The number of aromatic nitrogens is 4. The van der Waals surface area contributed by atoms with Gasteiger partial charge < -0.3 is 9.88 Å². The van der Waals surface area contributed by atoms with Gasteiger partial charge in [-0.2, -0.15) is 9.78 Å². The molecular formula is C23H19N5OS. The number of anilines is 1. The molecule has 0 saturated heterocycles. The van der Waals surface area contributed by atoms with Gasteiger partial charge in [0.25, 0.3) is 5.91 Å². The summed E-state index contributed by atoms with van der Waals surface area (Å²) in [5.41, 5.74) is 3.86. The van der Waals surface area contributed by atoms with Gasteiger partial charge in [-0.3, -0.25) is 4.79 Å². The average Bonchev–Trinajstić information content (AvgIpc) is 3.48. The number of benzene rings is 2. The first-order valence-corrected chi connectivity index (χ1v) is 10.5. The highest BCUT2D eigenvalue weighted by Gasteiger charge is 2.19. The summed E-state index contributed by atoms with van der Waals surface area (Å²) in [4.78, 5) is 18.1. The monoisotopic (exact) mass is 413 g/mol. The molecule has 30 heavy (non-hydrogen) atoms. The Balaban J connectivity index is 1.61. The Morgan fingerprint density at radius 1 is 1.03 bits per heavy atom. The van der Waals surface area contributed by atoms with E-state index in [-0.39, 0.29) is 5.91 Å². The fourth-order valence-electron chi connectivity index (χ4n) is 3.47. The van der Waals surface area contributed by atoms with Crippen molar-refractivity contribution in [1.29, 1.82) is 0 Å². The van der Waals surface area contributed by atoms with Crippen LogP contribution in [0.25, 0.3) is 17.0 Å². The predicted octanol–water partition coefficient (Wildman–Crippen LogP) is 4.89. The van der Waals surface area contributed by atoms with Gasteiger partial charge in [-0.1, -0.05) is 48.5 Å². The van der Waals surface area contributed by atoms with Gasteiger partial charge >= 0.3 is 0 Å². The Kier molecular flexibility index (Phi) is 4.65. The van der Waals surface area contributed by atoms with Crippen LogP contribution in [0.1, 0.15) is 20.9 Å². The summed E-state index contributed by atoms with van der Waals surface area (Å²) in [6.45, 7) is 2.55. The van der Waals surface area contributed by atoms with Gasteiger partial charge in [-0.15, -0.1) is 11.3 Å². The molecule has 0 saturated carbocycles. The number of hydrogen-bond donors (Lipinski definition) is 1. The molecule has 0 spiro atoms. The molecular weight excluding hydrogens is 394 g/mol. The quantitative estimate of drug-likeness (QED) is 0.446. The van der Waals surface area contributed by atoms with Gasteiger partial charge in [0.15, 0.2) is 0 Å². The number of amides is 1. The molecule has 5 rings (SSSR count). The zero-order chi connectivity index (χ0) is 20.5. The maximum Gasteiger partial charge on any atom is 0.266 e. The largest absolute Gasteiger partial charge is 0.306 e. The van der Waals surface area contributed by atoms with Gasteiger partial charge in [0.05, 0.1) is 28.1 Å². The van der Waals surface area contributed by atoms with Crippen LogP contribution < -0.4 is 5.32 Å². The number of nitrogens with zero attached hydrogens (tertiary/aromatic N) is 4. The van der Waals surface area contributed by atoms with Crippen LogP contribution in [0.15, 0.2) is 78.2 Å². The van der Waals surface area contributed by atoms with Gasteiger partial charge in [0.1, 0.15) is 5.82 Å². The Morgan fingerprint density at radius 2 is 1.83 bits per heavy atom. The van der Waals surface area contributed by atoms with E-state index >= 15 is 0 Å². The highest BCUT2D eigenvalue weighted by Crippen LogP contribution is 2.24. The normalized spacial score (nSPS) is 11.1. The lowest BCUT2D eigenvalue weighted by atomic mass is 10.2. The first kappa shape index (κ1) is 18.3. The van der Waals surface area contributed by atoms with E-state index in [2.05, 4.69) is 33.2 Å². The number of fused-ring (bicyclic) bond motifs is 1. The maximum absolute atomic E-state index is 12.6. The molecule has 5 aromatic rings. The number of hydrogen-bond acceptors (Lipinski definition) is 4. The highest BCUT2D eigenvalue weighted by molar-refractivity contribution is 7.12. The number of nitrogens with one attached hydrogen (secondary N) is 1. The number of carbonyl (C=O) groups is 1. The Morgan fingerprint density at radius 3 is 2.63 bits per heavy atom. The summed E-state index contributed by atoms with van der Waals surface area (Å²) in [5.74, 6) is 1.10. The lowest BCUT2D eigenvalue weighted by Crippen LogP contribution is -2.16. The summed E-state index contributed by atoms with van der Waals surface area (Å²) in [5, 5.41) is 9.51. The molecule has 0 unspecified atom stereocenters. The van der Waals surface area contributed by atoms with Gasteiger partial charge in [0.2, 0.25) is 5.95 Å². The number of para-hydroxylation sites is 2. The van der Waals surface area contributed by atoms with Gasteiger partial charge in [-0.25, -0.2) is 4.98 Å². The predicted molar refractivity (Wildman–Crippen MR) is 119 cm³/mol. The summed E-state index contributed by atoms with van der Waals surface area (Å²) in [6, 6.07) is 23.8. The first-order chi connectivity index (χ1) is 14.7. The van der Waals surface area contributed by atoms with Crippen molar-refractivity contribution >= 4 is 34.1 Å². The third-order valence-corrected chi connectivity index (χ3v) is 5.69. The van der Waals surface area contributed by atoms with Crippen LogP contribution in [0, 0.1) is 6.92 Å². The molecule has 0 bridgehead atoms. The third kappa shape index (κ3) is 3.40. The SMILES string of the molecule is Cc1cc(NC(=O)c2cccs2)n(-c2nc3ccccc3n2Cc2ccccc2)n1. The van der Waals surface area contributed by atoms with Crippen molar-refractivity contribution in [2.45, 2.75) is 13.5 Å². The number of rotatable bonds is 5. The standard InChI is InChI=1S/C23H19N5OS/c1-16-14-21(25-22(29)20-12-7-13-30-20)28(26-16)23-24-18-10-5-6-11-19(18)27(23)15-17-8-3-2-4-9-17/h2-14H,15H2,1H3,(H,25,29). The van der Waals surface area contributed by atoms with Crippen LogP contribution in [0.3, 0.4) is 0 Å². The average molecular weight is 414 g/mol. The second-order valence-corrected chi connectivity index (χ2v) is 7.93. The van der Waals surface area contributed by atoms with E-state index in [0.29, 0.717) is 23.2 Å². The van der Waals surface area contributed by atoms with E-state index < -0.39 is 0 Å². The number of thiophene rings is 1. The first-order valence-electron chi connectivity index (χ1n) is 9.60. The van der Waals surface area contributed by atoms with E-state index in [1.165, 1.54) is 11.3 Å². The van der Waals surface area contributed by atoms with Crippen LogP contribution in [-0.4, -0.2) is 25.2 Å². The second-order valence-electron chi connectivity index (χ2n) is 6.99. The van der Waals surface area contributed by atoms with E-state index in [1.807, 2.05) is 60.8 Å². The molecule has 0 aliphatic carbocycles. The molecule has 0 aliphatic heterocycles. The Labute approximate surface area is 177 Å². The minimum absolute atomic E-state index is 0.156. The van der Waals surface area contributed by atoms with Crippen LogP contribution in [-0.2, 0) is 6.54 Å². The smallest absolute Gasteiger partial charge is 0.266 e. The van der Waals surface area contributed by atoms with Crippen molar-refractivity contribution < 1.29 is 4.79 Å². The molecule has 7 heteroatoms. The zero-order valence-corrected chi connectivity index (χ0v) is 17.1. The number of carbonyl (C=O) groups excluding carboxylic acids is 1. The molecule has 1 N–H and O–H groups in total. The third-order valence-electron chi connectivity index (χ3n) is 4.83. The zero-order valence-electron chi connectivity index (χ0n) is 16.3. The fraction of sp³-hybridized carbons (Fsp3) is 0.0870. The molecule has 3 aromatic heterocycles. The molecule has 0 fully saturated rings. The van der Waals surface area contributed by atoms with Crippen LogP contribution >= 0.6 is 11.3 Å². The van der Waals surface area contributed by atoms with E-state index in [1.54, 1.807) is 10.7 Å².